The highest BCUT2D eigenvalue weighted by molar-refractivity contribution is 4.91. The smallest absolute Gasteiger partial charge is 0.0280 e. The van der Waals surface area contributed by atoms with Gasteiger partial charge in [0.05, 0.1) is 0 Å². The number of rotatable bonds is 5. The zero-order chi connectivity index (χ0) is 10.6. The van der Waals surface area contributed by atoms with Crippen LogP contribution in [0.1, 0.15) is 46.5 Å². The summed E-state index contributed by atoms with van der Waals surface area (Å²) in [5.41, 5.74) is 6.37. The minimum Gasteiger partial charge on any atom is -0.324 e. The molecule has 2 nitrogen and oxygen atoms in total. The average molecular weight is 198 g/mol. The predicted octanol–water partition coefficient (Wildman–Crippen LogP) is 2.14. The predicted molar refractivity (Wildman–Crippen MR) is 62.3 cm³/mol. The average Bonchev–Trinajstić information content (AvgIpc) is 2.52. The Labute approximate surface area is 88.6 Å². The molecule has 0 aromatic heterocycles. The highest BCUT2D eigenvalue weighted by Crippen LogP contribution is 2.26. The van der Waals surface area contributed by atoms with Gasteiger partial charge >= 0.3 is 0 Å². The largest absolute Gasteiger partial charge is 0.324 e. The van der Waals surface area contributed by atoms with Crippen LogP contribution in [0.5, 0.6) is 0 Å². The maximum absolute atomic E-state index is 6.26. The van der Waals surface area contributed by atoms with Gasteiger partial charge in [-0.25, -0.2) is 0 Å². The summed E-state index contributed by atoms with van der Waals surface area (Å²) in [7, 11) is 0. The zero-order valence-corrected chi connectivity index (χ0v) is 9.97. The van der Waals surface area contributed by atoms with Crippen LogP contribution in [-0.2, 0) is 0 Å². The van der Waals surface area contributed by atoms with Gasteiger partial charge in [0.2, 0.25) is 0 Å². The molecule has 0 radical (unpaired) electrons. The van der Waals surface area contributed by atoms with Gasteiger partial charge in [0.25, 0.3) is 0 Å². The second-order valence-corrected chi connectivity index (χ2v) is 5.42. The van der Waals surface area contributed by atoms with Crippen molar-refractivity contribution in [2.75, 3.05) is 13.1 Å². The number of hydrogen-bond donors (Lipinski definition) is 2. The molecule has 1 atom stereocenters. The summed E-state index contributed by atoms with van der Waals surface area (Å²) >= 11 is 0. The van der Waals surface area contributed by atoms with E-state index in [1.54, 1.807) is 0 Å². The lowest BCUT2D eigenvalue weighted by atomic mass is 9.96. The fourth-order valence-corrected chi connectivity index (χ4v) is 2.04. The molecule has 0 spiro atoms. The molecule has 0 aromatic rings. The second-order valence-electron chi connectivity index (χ2n) is 5.42. The van der Waals surface area contributed by atoms with E-state index in [0.29, 0.717) is 0 Å². The normalized spacial score (nSPS) is 22.9. The van der Waals surface area contributed by atoms with Crippen LogP contribution in [0.2, 0.25) is 0 Å². The third-order valence-corrected chi connectivity index (χ3v) is 3.68. The van der Waals surface area contributed by atoms with Gasteiger partial charge in [-0.05, 0) is 31.2 Å². The molecule has 1 unspecified atom stereocenters. The SMILES string of the molecule is CC(C)C(C)CNCC1(N)CCCC1. The van der Waals surface area contributed by atoms with Gasteiger partial charge in [-0.15, -0.1) is 0 Å². The molecule has 14 heavy (non-hydrogen) atoms. The maximum atomic E-state index is 6.26. The van der Waals surface area contributed by atoms with Crippen LogP contribution in [0.15, 0.2) is 0 Å². The first-order valence-corrected chi connectivity index (χ1v) is 6.03. The molecule has 0 heterocycles. The van der Waals surface area contributed by atoms with Gasteiger partial charge in [0.1, 0.15) is 0 Å². The van der Waals surface area contributed by atoms with E-state index in [1.807, 2.05) is 0 Å². The maximum Gasteiger partial charge on any atom is 0.0280 e. The topological polar surface area (TPSA) is 38.0 Å². The van der Waals surface area contributed by atoms with Crippen molar-refractivity contribution in [2.45, 2.75) is 52.0 Å². The summed E-state index contributed by atoms with van der Waals surface area (Å²) in [5.74, 6) is 1.51. The Morgan fingerprint density at radius 2 is 1.79 bits per heavy atom. The summed E-state index contributed by atoms with van der Waals surface area (Å²) in [6.07, 6.45) is 5.04. The van der Waals surface area contributed by atoms with E-state index >= 15 is 0 Å². The van der Waals surface area contributed by atoms with Gasteiger partial charge in [0, 0.05) is 12.1 Å². The van der Waals surface area contributed by atoms with Crippen LogP contribution in [0.25, 0.3) is 0 Å². The zero-order valence-electron chi connectivity index (χ0n) is 9.97. The Kier molecular flexibility index (Phi) is 4.39. The van der Waals surface area contributed by atoms with Crippen molar-refractivity contribution in [1.82, 2.24) is 5.32 Å². The summed E-state index contributed by atoms with van der Waals surface area (Å²) in [5, 5.41) is 3.52. The molecule has 1 fully saturated rings. The first-order valence-electron chi connectivity index (χ1n) is 6.03. The van der Waals surface area contributed by atoms with E-state index in [2.05, 4.69) is 26.1 Å². The molecule has 1 saturated carbocycles. The minimum absolute atomic E-state index is 0.108. The monoisotopic (exact) mass is 198 g/mol. The highest BCUT2D eigenvalue weighted by atomic mass is 14.9. The Balaban J connectivity index is 2.14. The lowest BCUT2D eigenvalue weighted by Gasteiger charge is -2.25. The van der Waals surface area contributed by atoms with Crippen LogP contribution >= 0.6 is 0 Å². The molecule has 0 aliphatic heterocycles. The van der Waals surface area contributed by atoms with E-state index in [-0.39, 0.29) is 5.54 Å². The summed E-state index contributed by atoms with van der Waals surface area (Å²) in [4.78, 5) is 0. The van der Waals surface area contributed by atoms with Crippen molar-refractivity contribution in [3.05, 3.63) is 0 Å². The third kappa shape index (κ3) is 3.58. The van der Waals surface area contributed by atoms with E-state index in [4.69, 9.17) is 5.73 Å². The molecule has 0 saturated heterocycles. The standard InChI is InChI=1S/C12H26N2/c1-10(2)11(3)8-14-9-12(13)6-4-5-7-12/h10-11,14H,4-9,13H2,1-3H3. The quantitative estimate of drug-likeness (QED) is 0.710. The van der Waals surface area contributed by atoms with Crippen LogP contribution in [0, 0.1) is 11.8 Å². The molecule has 84 valence electrons. The van der Waals surface area contributed by atoms with Gasteiger partial charge in [-0.1, -0.05) is 33.6 Å². The van der Waals surface area contributed by atoms with Crippen molar-refractivity contribution in [3.8, 4) is 0 Å². The molecule has 1 rings (SSSR count). The number of nitrogens with one attached hydrogen (secondary N) is 1. The Hall–Kier alpha value is -0.0800. The van der Waals surface area contributed by atoms with Gasteiger partial charge in [0.15, 0.2) is 0 Å². The van der Waals surface area contributed by atoms with E-state index < -0.39 is 0 Å². The minimum atomic E-state index is 0.108. The van der Waals surface area contributed by atoms with E-state index in [0.717, 1.165) is 24.9 Å². The van der Waals surface area contributed by atoms with Crippen molar-refractivity contribution < 1.29 is 0 Å². The molecular weight excluding hydrogens is 172 g/mol. The summed E-state index contributed by atoms with van der Waals surface area (Å²) in [6.45, 7) is 8.97. The van der Waals surface area contributed by atoms with Crippen molar-refractivity contribution in [2.24, 2.45) is 17.6 Å². The molecule has 0 aromatic carbocycles. The Morgan fingerprint density at radius 1 is 1.21 bits per heavy atom. The van der Waals surface area contributed by atoms with Crippen molar-refractivity contribution in [1.29, 1.82) is 0 Å². The van der Waals surface area contributed by atoms with E-state index in [1.165, 1.54) is 25.7 Å². The summed E-state index contributed by atoms with van der Waals surface area (Å²) in [6, 6.07) is 0. The van der Waals surface area contributed by atoms with Crippen LogP contribution in [-0.4, -0.2) is 18.6 Å². The van der Waals surface area contributed by atoms with Crippen molar-refractivity contribution in [3.63, 3.8) is 0 Å². The van der Waals surface area contributed by atoms with Crippen molar-refractivity contribution >= 4 is 0 Å². The number of hydrogen-bond acceptors (Lipinski definition) is 2. The summed E-state index contributed by atoms with van der Waals surface area (Å²) < 4.78 is 0. The van der Waals surface area contributed by atoms with Crippen LogP contribution in [0.3, 0.4) is 0 Å². The molecule has 1 aliphatic rings. The number of nitrogens with two attached hydrogens (primary N) is 1. The highest BCUT2D eigenvalue weighted by Gasteiger charge is 2.28. The third-order valence-electron chi connectivity index (χ3n) is 3.68. The van der Waals surface area contributed by atoms with Crippen LogP contribution in [0.4, 0.5) is 0 Å². The molecule has 1 aliphatic carbocycles. The lowest BCUT2D eigenvalue weighted by molar-refractivity contribution is 0.349. The molecular formula is C12H26N2. The van der Waals surface area contributed by atoms with Gasteiger partial charge < -0.3 is 11.1 Å². The lowest BCUT2D eigenvalue weighted by Crippen LogP contribution is -2.47. The first-order chi connectivity index (χ1) is 6.53. The molecule has 2 heteroatoms. The molecule has 3 N–H and O–H groups in total. The Morgan fingerprint density at radius 3 is 2.29 bits per heavy atom. The van der Waals surface area contributed by atoms with Gasteiger partial charge in [-0.3, -0.25) is 0 Å². The van der Waals surface area contributed by atoms with Gasteiger partial charge in [-0.2, -0.15) is 0 Å². The fourth-order valence-electron chi connectivity index (χ4n) is 2.04. The van der Waals surface area contributed by atoms with Crippen LogP contribution < -0.4 is 11.1 Å². The molecule has 0 amide bonds. The second kappa shape index (κ2) is 5.13. The fraction of sp³-hybridized carbons (Fsp3) is 1.00. The first kappa shape index (κ1) is 12.0. The molecule has 0 bridgehead atoms. The van der Waals surface area contributed by atoms with E-state index in [9.17, 15) is 0 Å². The Bertz CT molecular complexity index is 160.